The van der Waals surface area contributed by atoms with Gasteiger partial charge in [-0.05, 0) is 12.1 Å². The molecule has 0 aliphatic rings. The summed E-state index contributed by atoms with van der Waals surface area (Å²) >= 11 is 0. The molecule has 2 aromatic rings. The third-order valence-electron chi connectivity index (χ3n) is 2.64. The highest BCUT2D eigenvalue weighted by atomic mass is 16.1. The zero-order valence-electron chi connectivity index (χ0n) is 10.7. The van der Waals surface area contributed by atoms with Gasteiger partial charge in [-0.3, -0.25) is 9.79 Å². The van der Waals surface area contributed by atoms with E-state index in [2.05, 4.69) is 14.8 Å². The minimum atomic E-state index is -0.104. The number of ketones is 1. The molecule has 0 saturated carbocycles. The fourth-order valence-electron chi connectivity index (χ4n) is 1.60. The summed E-state index contributed by atoms with van der Waals surface area (Å²) in [6.07, 6.45) is 1.49. The Bertz CT molecular complexity index is 687. The molecule has 0 spiro atoms. The fraction of sp³-hybridized carbons (Fsp3) is 0.0667. The van der Waals surface area contributed by atoms with Crippen molar-refractivity contribution in [2.24, 2.45) is 10.7 Å². The SMILES string of the molecule is [C-]#[N+]c1cc(C(N)=NCC(=O)c2ccccc2)ccn1. The van der Waals surface area contributed by atoms with Crippen LogP contribution in [0.3, 0.4) is 0 Å². The second-order valence-corrected chi connectivity index (χ2v) is 4.01. The lowest BCUT2D eigenvalue weighted by Gasteiger charge is -2.01. The molecule has 5 nitrogen and oxygen atoms in total. The van der Waals surface area contributed by atoms with Crippen LogP contribution in [-0.2, 0) is 0 Å². The maximum absolute atomic E-state index is 11.9. The molecule has 98 valence electrons. The molecular formula is C15H12N4O. The van der Waals surface area contributed by atoms with Gasteiger partial charge in [-0.25, -0.2) is 0 Å². The Hall–Kier alpha value is -3.00. The van der Waals surface area contributed by atoms with Gasteiger partial charge >= 0.3 is 0 Å². The zero-order chi connectivity index (χ0) is 14.4. The van der Waals surface area contributed by atoms with Gasteiger partial charge in [-0.15, -0.1) is 4.98 Å². The maximum atomic E-state index is 11.9. The summed E-state index contributed by atoms with van der Waals surface area (Å²) in [6.45, 7) is 6.87. The first-order chi connectivity index (χ1) is 9.70. The van der Waals surface area contributed by atoms with Gasteiger partial charge < -0.3 is 10.6 Å². The molecule has 0 aliphatic carbocycles. The minimum absolute atomic E-state index is 0.0223. The van der Waals surface area contributed by atoms with Gasteiger partial charge in [0.2, 0.25) is 0 Å². The van der Waals surface area contributed by atoms with Crippen molar-refractivity contribution in [2.75, 3.05) is 6.54 Å². The van der Waals surface area contributed by atoms with Gasteiger partial charge in [0.25, 0.3) is 5.82 Å². The molecule has 0 radical (unpaired) electrons. The predicted octanol–water partition coefficient (Wildman–Crippen LogP) is 2.22. The van der Waals surface area contributed by atoms with Gasteiger partial charge in [0.1, 0.15) is 18.6 Å². The van der Waals surface area contributed by atoms with Crippen LogP contribution in [0.25, 0.3) is 4.85 Å². The van der Waals surface area contributed by atoms with E-state index in [-0.39, 0.29) is 24.0 Å². The van der Waals surface area contributed by atoms with Crippen molar-refractivity contribution in [1.29, 1.82) is 0 Å². The van der Waals surface area contributed by atoms with Crippen LogP contribution in [0.2, 0.25) is 0 Å². The standard InChI is InChI=1S/C15H12N4O/c1-17-14-9-12(7-8-18-14)15(16)19-10-13(20)11-5-3-2-4-6-11/h2-9H,10H2,(H2,16,19). The normalized spacial score (nSPS) is 10.8. The Labute approximate surface area is 116 Å². The van der Waals surface area contributed by atoms with Crippen molar-refractivity contribution < 1.29 is 4.79 Å². The van der Waals surface area contributed by atoms with Gasteiger partial charge in [-0.2, -0.15) is 0 Å². The highest BCUT2D eigenvalue weighted by Crippen LogP contribution is 2.09. The zero-order valence-corrected chi connectivity index (χ0v) is 10.7. The molecule has 0 fully saturated rings. The van der Waals surface area contributed by atoms with Crippen molar-refractivity contribution >= 4 is 17.4 Å². The molecule has 1 heterocycles. The number of benzene rings is 1. The van der Waals surface area contributed by atoms with E-state index in [0.29, 0.717) is 11.1 Å². The lowest BCUT2D eigenvalue weighted by Crippen LogP contribution is -2.16. The van der Waals surface area contributed by atoms with E-state index in [4.69, 9.17) is 12.3 Å². The van der Waals surface area contributed by atoms with E-state index in [1.54, 1.807) is 36.4 Å². The number of rotatable bonds is 4. The van der Waals surface area contributed by atoms with Crippen LogP contribution in [-0.4, -0.2) is 23.1 Å². The van der Waals surface area contributed by atoms with Crippen LogP contribution in [0, 0.1) is 6.57 Å². The van der Waals surface area contributed by atoms with E-state index in [1.165, 1.54) is 6.20 Å². The second kappa shape index (κ2) is 6.25. The third kappa shape index (κ3) is 3.27. The number of nitrogens with two attached hydrogens (primary N) is 1. The van der Waals surface area contributed by atoms with E-state index >= 15 is 0 Å². The summed E-state index contributed by atoms with van der Waals surface area (Å²) < 4.78 is 0. The Morgan fingerprint density at radius 3 is 2.70 bits per heavy atom. The number of nitrogens with zero attached hydrogens (tertiary/aromatic N) is 3. The summed E-state index contributed by atoms with van der Waals surface area (Å²) in [5.41, 5.74) is 7.00. The topological polar surface area (TPSA) is 72.7 Å². The number of carbonyl (C=O) groups excluding carboxylic acids is 1. The second-order valence-electron chi connectivity index (χ2n) is 4.01. The molecule has 2 N–H and O–H groups in total. The Kier molecular flexibility index (Phi) is 4.20. The number of amidine groups is 1. The molecule has 0 saturated heterocycles. The maximum Gasteiger partial charge on any atom is 0.270 e. The van der Waals surface area contributed by atoms with Crippen molar-refractivity contribution in [3.63, 3.8) is 0 Å². The average molecular weight is 264 g/mol. The van der Waals surface area contributed by atoms with Gasteiger partial charge in [0.15, 0.2) is 5.78 Å². The molecular weight excluding hydrogens is 252 g/mol. The van der Waals surface area contributed by atoms with E-state index in [0.717, 1.165) is 0 Å². The van der Waals surface area contributed by atoms with Crippen molar-refractivity contribution in [2.45, 2.75) is 0 Å². The van der Waals surface area contributed by atoms with Crippen molar-refractivity contribution in [1.82, 2.24) is 4.98 Å². The Balaban J connectivity index is 2.11. The van der Waals surface area contributed by atoms with Crippen LogP contribution < -0.4 is 5.73 Å². The predicted molar refractivity (Wildman–Crippen MR) is 76.9 cm³/mol. The van der Waals surface area contributed by atoms with Crippen LogP contribution in [0.1, 0.15) is 15.9 Å². The summed E-state index contributed by atoms with van der Waals surface area (Å²) in [5.74, 6) is 0.365. The van der Waals surface area contributed by atoms with Crippen LogP contribution in [0.15, 0.2) is 53.7 Å². The van der Waals surface area contributed by atoms with Crippen LogP contribution >= 0.6 is 0 Å². The average Bonchev–Trinajstić information content (AvgIpc) is 2.53. The van der Waals surface area contributed by atoms with Crippen molar-refractivity contribution in [3.8, 4) is 0 Å². The number of hydrogen-bond donors (Lipinski definition) is 1. The molecule has 2 rings (SSSR count). The van der Waals surface area contributed by atoms with Crippen LogP contribution in [0.5, 0.6) is 0 Å². The first kappa shape index (κ1) is 13.4. The monoisotopic (exact) mass is 264 g/mol. The quantitative estimate of drug-likeness (QED) is 0.398. The minimum Gasteiger partial charge on any atom is -0.384 e. The molecule has 0 aliphatic heterocycles. The summed E-state index contributed by atoms with van der Waals surface area (Å²) in [6, 6.07) is 12.1. The van der Waals surface area contributed by atoms with Gasteiger partial charge in [0, 0.05) is 11.1 Å². The van der Waals surface area contributed by atoms with Crippen molar-refractivity contribution in [3.05, 3.63) is 71.2 Å². The molecule has 0 amide bonds. The lowest BCUT2D eigenvalue weighted by atomic mass is 10.1. The molecule has 0 atom stereocenters. The number of pyridine rings is 1. The fourth-order valence-corrected chi connectivity index (χ4v) is 1.60. The molecule has 1 aromatic heterocycles. The largest absolute Gasteiger partial charge is 0.384 e. The van der Waals surface area contributed by atoms with E-state index < -0.39 is 0 Å². The van der Waals surface area contributed by atoms with Gasteiger partial charge in [0.05, 0.1) is 0 Å². The summed E-state index contributed by atoms with van der Waals surface area (Å²) in [7, 11) is 0. The number of Topliss-reactive ketones (excluding diaryl/α,β-unsaturated/α-hetero) is 1. The molecule has 0 unspecified atom stereocenters. The first-order valence-electron chi connectivity index (χ1n) is 5.93. The number of aromatic nitrogens is 1. The Morgan fingerprint density at radius 1 is 1.25 bits per heavy atom. The summed E-state index contributed by atoms with van der Waals surface area (Å²) in [5, 5.41) is 0. The smallest absolute Gasteiger partial charge is 0.270 e. The van der Waals surface area contributed by atoms with Crippen LogP contribution in [0.4, 0.5) is 5.82 Å². The number of carbonyl (C=O) groups is 1. The summed E-state index contributed by atoms with van der Waals surface area (Å²) in [4.78, 5) is 23.0. The Morgan fingerprint density at radius 2 is 2.00 bits per heavy atom. The van der Waals surface area contributed by atoms with E-state index in [9.17, 15) is 4.79 Å². The van der Waals surface area contributed by atoms with E-state index in [1.807, 2.05) is 6.07 Å². The molecule has 0 bridgehead atoms. The highest BCUT2D eigenvalue weighted by molar-refractivity contribution is 6.02. The molecule has 20 heavy (non-hydrogen) atoms. The molecule has 1 aromatic carbocycles. The first-order valence-corrected chi connectivity index (χ1v) is 5.93. The van der Waals surface area contributed by atoms with Gasteiger partial charge in [-0.1, -0.05) is 36.9 Å². The number of hydrogen-bond acceptors (Lipinski definition) is 3. The number of aliphatic imine (C=N–C) groups is 1. The molecule has 5 heteroatoms. The third-order valence-corrected chi connectivity index (χ3v) is 2.64. The lowest BCUT2D eigenvalue weighted by molar-refractivity contribution is 0.100. The highest BCUT2D eigenvalue weighted by Gasteiger charge is 2.05.